The number of rotatable bonds is 6. The van der Waals surface area contributed by atoms with E-state index in [0.29, 0.717) is 11.3 Å². The Labute approximate surface area is 112 Å². The summed E-state index contributed by atoms with van der Waals surface area (Å²) in [6, 6.07) is 4.44. The van der Waals surface area contributed by atoms with Gasteiger partial charge in [0, 0.05) is 24.7 Å². The number of hydrogen-bond acceptors (Lipinski definition) is 4. The largest absolute Gasteiger partial charge is 0.377 e. The minimum atomic E-state index is -0.450. The van der Waals surface area contributed by atoms with E-state index in [0.717, 1.165) is 12.8 Å². The molecule has 0 spiro atoms. The van der Waals surface area contributed by atoms with Crippen LogP contribution in [-0.2, 0) is 0 Å². The van der Waals surface area contributed by atoms with Crippen molar-refractivity contribution >= 4 is 17.3 Å². The maximum absolute atomic E-state index is 11.5. The number of nitro groups is 1. The Bertz CT molecular complexity index is 474. The predicted molar refractivity (Wildman–Crippen MR) is 74.5 cm³/mol. The number of nitrogens with one attached hydrogen (secondary N) is 2. The van der Waals surface area contributed by atoms with Crippen LogP contribution in [0.15, 0.2) is 18.2 Å². The molecular formula is C13H19N3O3. The van der Waals surface area contributed by atoms with Crippen LogP contribution in [0, 0.1) is 10.1 Å². The molecule has 2 N–H and O–H groups in total. The second-order valence-electron chi connectivity index (χ2n) is 4.40. The summed E-state index contributed by atoms with van der Waals surface area (Å²) >= 11 is 0. The van der Waals surface area contributed by atoms with Crippen LogP contribution < -0.4 is 10.6 Å². The lowest BCUT2D eigenvalue weighted by Crippen LogP contribution is -2.19. The van der Waals surface area contributed by atoms with E-state index in [1.165, 1.54) is 25.2 Å². The average Bonchev–Trinajstić information content (AvgIpc) is 2.37. The van der Waals surface area contributed by atoms with Crippen molar-refractivity contribution in [1.82, 2.24) is 5.32 Å². The fraction of sp³-hybridized carbons (Fsp3) is 0.462. The number of nitrogens with zero attached hydrogens (tertiary/aromatic N) is 1. The Kier molecular flexibility index (Phi) is 5.29. The minimum absolute atomic E-state index is 0.0180. The Morgan fingerprint density at radius 3 is 2.68 bits per heavy atom. The zero-order chi connectivity index (χ0) is 14.4. The van der Waals surface area contributed by atoms with Gasteiger partial charge in [-0.05, 0) is 25.5 Å². The van der Waals surface area contributed by atoms with Crippen LogP contribution in [-0.4, -0.2) is 23.9 Å². The van der Waals surface area contributed by atoms with Gasteiger partial charge in [0.05, 0.1) is 4.92 Å². The molecule has 1 amide bonds. The molecule has 6 heteroatoms. The average molecular weight is 265 g/mol. The molecule has 1 atom stereocenters. The van der Waals surface area contributed by atoms with Gasteiger partial charge in [-0.15, -0.1) is 0 Å². The van der Waals surface area contributed by atoms with Crippen LogP contribution in [0.4, 0.5) is 11.4 Å². The molecule has 0 aliphatic rings. The first kappa shape index (κ1) is 14.9. The van der Waals surface area contributed by atoms with Crippen molar-refractivity contribution in [3.05, 3.63) is 33.9 Å². The Morgan fingerprint density at radius 2 is 2.16 bits per heavy atom. The number of hydrogen-bond donors (Lipinski definition) is 2. The third kappa shape index (κ3) is 3.94. The van der Waals surface area contributed by atoms with Gasteiger partial charge in [-0.2, -0.15) is 0 Å². The highest BCUT2D eigenvalue weighted by Crippen LogP contribution is 2.26. The van der Waals surface area contributed by atoms with E-state index in [9.17, 15) is 14.9 Å². The first-order chi connectivity index (χ1) is 8.99. The van der Waals surface area contributed by atoms with Crippen LogP contribution in [0.5, 0.6) is 0 Å². The van der Waals surface area contributed by atoms with Crippen molar-refractivity contribution in [2.24, 2.45) is 0 Å². The molecule has 0 bridgehead atoms. The molecule has 0 saturated heterocycles. The summed E-state index contributed by atoms with van der Waals surface area (Å²) in [5, 5.41) is 16.6. The fourth-order valence-corrected chi connectivity index (χ4v) is 1.87. The first-order valence-corrected chi connectivity index (χ1v) is 6.26. The monoisotopic (exact) mass is 265 g/mol. The first-order valence-electron chi connectivity index (χ1n) is 6.26. The van der Waals surface area contributed by atoms with Gasteiger partial charge in [-0.1, -0.05) is 13.3 Å². The molecule has 0 radical (unpaired) electrons. The molecule has 0 aliphatic heterocycles. The quantitative estimate of drug-likeness (QED) is 0.611. The van der Waals surface area contributed by atoms with Gasteiger partial charge >= 0.3 is 0 Å². The molecule has 19 heavy (non-hydrogen) atoms. The number of nitro benzene ring substituents is 1. The number of carbonyl (C=O) groups is 1. The Hall–Kier alpha value is -2.11. The Balaban J connectivity index is 3.08. The van der Waals surface area contributed by atoms with Crippen LogP contribution in [0.2, 0.25) is 0 Å². The summed E-state index contributed by atoms with van der Waals surface area (Å²) in [7, 11) is 1.52. The van der Waals surface area contributed by atoms with Crippen LogP contribution >= 0.6 is 0 Å². The second-order valence-corrected chi connectivity index (χ2v) is 4.40. The summed E-state index contributed by atoms with van der Waals surface area (Å²) in [4.78, 5) is 22.1. The Morgan fingerprint density at radius 1 is 1.47 bits per heavy atom. The van der Waals surface area contributed by atoms with E-state index < -0.39 is 4.92 Å². The van der Waals surface area contributed by atoms with Crippen molar-refractivity contribution in [2.75, 3.05) is 12.4 Å². The predicted octanol–water partition coefficient (Wildman–Crippen LogP) is 2.55. The van der Waals surface area contributed by atoms with Crippen LogP contribution in [0.3, 0.4) is 0 Å². The van der Waals surface area contributed by atoms with Crippen LogP contribution in [0.25, 0.3) is 0 Å². The fourth-order valence-electron chi connectivity index (χ4n) is 1.87. The normalized spacial score (nSPS) is 11.7. The van der Waals surface area contributed by atoms with Gasteiger partial charge in [0.15, 0.2) is 0 Å². The zero-order valence-electron chi connectivity index (χ0n) is 11.4. The molecule has 0 aliphatic carbocycles. The maximum Gasteiger partial charge on any atom is 0.292 e. The minimum Gasteiger partial charge on any atom is -0.377 e. The van der Waals surface area contributed by atoms with E-state index in [2.05, 4.69) is 10.6 Å². The standard InChI is InChI=1S/C13H19N3O3/c1-4-5-9(2)15-11-8-10(13(17)14-3)6-7-12(11)16(18)19/h6-9,15H,4-5H2,1-3H3,(H,14,17). The SMILES string of the molecule is CCCC(C)Nc1cc(C(=O)NC)ccc1[N+](=O)[O-]. The molecule has 1 aromatic rings. The zero-order valence-corrected chi connectivity index (χ0v) is 11.4. The molecule has 0 fully saturated rings. The van der Waals surface area contributed by atoms with E-state index in [1.54, 1.807) is 0 Å². The molecule has 104 valence electrons. The van der Waals surface area contributed by atoms with Crippen molar-refractivity contribution < 1.29 is 9.72 Å². The van der Waals surface area contributed by atoms with Crippen molar-refractivity contribution in [3.63, 3.8) is 0 Å². The van der Waals surface area contributed by atoms with E-state index in [4.69, 9.17) is 0 Å². The number of benzene rings is 1. The molecule has 6 nitrogen and oxygen atoms in total. The third-order valence-electron chi connectivity index (χ3n) is 2.81. The molecule has 0 heterocycles. The number of amides is 1. The van der Waals surface area contributed by atoms with E-state index >= 15 is 0 Å². The van der Waals surface area contributed by atoms with Gasteiger partial charge in [0.25, 0.3) is 11.6 Å². The van der Waals surface area contributed by atoms with Crippen molar-refractivity contribution in [2.45, 2.75) is 32.7 Å². The third-order valence-corrected chi connectivity index (χ3v) is 2.81. The summed E-state index contributed by atoms with van der Waals surface area (Å²) < 4.78 is 0. The molecule has 1 aromatic carbocycles. The molecule has 0 aromatic heterocycles. The molecular weight excluding hydrogens is 246 g/mol. The van der Waals surface area contributed by atoms with Crippen molar-refractivity contribution in [1.29, 1.82) is 0 Å². The summed E-state index contributed by atoms with van der Waals surface area (Å²) in [5.74, 6) is -0.263. The van der Waals surface area contributed by atoms with Gasteiger partial charge in [-0.3, -0.25) is 14.9 Å². The van der Waals surface area contributed by atoms with E-state index in [1.807, 2.05) is 13.8 Å². The highest BCUT2D eigenvalue weighted by atomic mass is 16.6. The van der Waals surface area contributed by atoms with Crippen molar-refractivity contribution in [3.8, 4) is 0 Å². The van der Waals surface area contributed by atoms with Gasteiger partial charge in [-0.25, -0.2) is 0 Å². The molecule has 1 rings (SSSR count). The lowest BCUT2D eigenvalue weighted by molar-refractivity contribution is -0.384. The highest BCUT2D eigenvalue weighted by molar-refractivity contribution is 5.95. The smallest absolute Gasteiger partial charge is 0.292 e. The second kappa shape index (κ2) is 6.72. The van der Waals surface area contributed by atoms with Crippen LogP contribution in [0.1, 0.15) is 37.0 Å². The number of carbonyl (C=O) groups excluding carboxylic acids is 1. The molecule has 1 unspecified atom stereocenters. The van der Waals surface area contributed by atoms with Gasteiger partial charge < -0.3 is 10.6 Å². The highest BCUT2D eigenvalue weighted by Gasteiger charge is 2.17. The van der Waals surface area contributed by atoms with Gasteiger partial charge in [0.1, 0.15) is 5.69 Å². The lowest BCUT2D eigenvalue weighted by Gasteiger charge is -2.15. The molecule has 0 saturated carbocycles. The summed E-state index contributed by atoms with van der Waals surface area (Å²) in [6.07, 6.45) is 1.89. The number of anilines is 1. The summed E-state index contributed by atoms with van der Waals surface area (Å²) in [6.45, 7) is 4.01. The topological polar surface area (TPSA) is 84.3 Å². The van der Waals surface area contributed by atoms with Gasteiger partial charge in [0.2, 0.25) is 0 Å². The summed E-state index contributed by atoms with van der Waals surface area (Å²) in [5.41, 5.74) is 0.766. The van der Waals surface area contributed by atoms with E-state index in [-0.39, 0.29) is 17.6 Å². The maximum atomic E-state index is 11.5. The lowest BCUT2D eigenvalue weighted by atomic mass is 10.1.